The van der Waals surface area contributed by atoms with E-state index in [0.29, 0.717) is 19.4 Å². The molecule has 0 unspecified atom stereocenters. The minimum Gasteiger partial charge on any atom is -0.335 e. The highest BCUT2D eigenvalue weighted by Gasteiger charge is 2.38. The number of hydrogen-bond donors (Lipinski definition) is 0. The maximum absolute atomic E-state index is 13.3. The van der Waals surface area contributed by atoms with E-state index in [-0.39, 0.29) is 47.2 Å². The SMILES string of the molecule is N#Cc1ccccc1S(=O)(=O)N1CCC(C(=O)N2CCC[C@H]2c2ccc(F)cc2)CC1. The van der Waals surface area contributed by atoms with E-state index in [1.54, 1.807) is 24.3 Å². The Morgan fingerprint density at radius 2 is 1.68 bits per heavy atom. The topological polar surface area (TPSA) is 81.5 Å². The van der Waals surface area contributed by atoms with Crippen LogP contribution < -0.4 is 0 Å². The first-order valence-electron chi connectivity index (χ1n) is 10.5. The van der Waals surface area contributed by atoms with Gasteiger partial charge in [-0.1, -0.05) is 24.3 Å². The van der Waals surface area contributed by atoms with Crippen LogP contribution in [0.3, 0.4) is 0 Å². The molecule has 0 bridgehead atoms. The molecule has 2 aliphatic heterocycles. The zero-order valence-corrected chi connectivity index (χ0v) is 17.9. The van der Waals surface area contributed by atoms with Gasteiger partial charge in [0.1, 0.15) is 11.9 Å². The summed E-state index contributed by atoms with van der Waals surface area (Å²) in [6.45, 7) is 1.15. The summed E-state index contributed by atoms with van der Waals surface area (Å²) in [6.07, 6.45) is 2.63. The molecule has 2 aromatic carbocycles. The van der Waals surface area contributed by atoms with Crippen LogP contribution in [0.15, 0.2) is 53.4 Å². The summed E-state index contributed by atoms with van der Waals surface area (Å²) < 4.78 is 40.7. The number of rotatable bonds is 4. The Labute approximate surface area is 181 Å². The van der Waals surface area contributed by atoms with Gasteiger partial charge in [-0.3, -0.25) is 4.79 Å². The van der Waals surface area contributed by atoms with E-state index in [1.165, 1.54) is 28.6 Å². The lowest BCUT2D eigenvalue weighted by Crippen LogP contribution is -2.44. The zero-order valence-electron chi connectivity index (χ0n) is 17.1. The van der Waals surface area contributed by atoms with Crippen LogP contribution in [0.5, 0.6) is 0 Å². The number of nitriles is 1. The van der Waals surface area contributed by atoms with Gasteiger partial charge in [0.15, 0.2) is 0 Å². The van der Waals surface area contributed by atoms with Crippen molar-refractivity contribution in [2.24, 2.45) is 5.92 Å². The molecule has 162 valence electrons. The summed E-state index contributed by atoms with van der Waals surface area (Å²) in [7, 11) is -3.78. The number of hydrogen-bond acceptors (Lipinski definition) is 4. The second-order valence-electron chi connectivity index (χ2n) is 8.03. The van der Waals surface area contributed by atoms with Crippen molar-refractivity contribution in [3.05, 3.63) is 65.5 Å². The number of sulfonamides is 1. The Hall–Kier alpha value is -2.76. The first kappa shape index (κ1) is 21.5. The smallest absolute Gasteiger partial charge is 0.244 e. The van der Waals surface area contributed by atoms with Crippen LogP contribution in [-0.2, 0) is 14.8 Å². The van der Waals surface area contributed by atoms with Gasteiger partial charge in [-0.25, -0.2) is 12.8 Å². The normalized spacial score (nSPS) is 20.5. The number of halogens is 1. The Kier molecular flexibility index (Phi) is 6.08. The molecule has 6 nitrogen and oxygen atoms in total. The number of likely N-dealkylation sites (tertiary alicyclic amines) is 1. The Morgan fingerprint density at radius 1 is 1.00 bits per heavy atom. The number of carbonyl (C=O) groups is 1. The van der Waals surface area contributed by atoms with Crippen molar-refractivity contribution in [2.45, 2.75) is 36.6 Å². The monoisotopic (exact) mass is 441 g/mol. The molecule has 0 aliphatic carbocycles. The molecule has 8 heteroatoms. The van der Waals surface area contributed by atoms with Crippen LogP contribution in [0, 0.1) is 23.1 Å². The molecule has 1 atom stereocenters. The third-order valence-corrected chi connectivity index (χ3v) is 8.18. The minimum atomic E-state index is -3.78. The van der Waals surface area contributed by atoms with Crippen molar-refractivity contribution in [3.63, 3.8) is 0 Å². The predicted molar refractivity (Wildman–Crippen MR) is 113 cm³/mol. The van der Waals surface area contributed by atoms with E-state index in [9.17, 15) is 22.9 Å². The van der Waals surface area contributed by atoms with Crippen molar-refractivity contribution < 1.29 is 17.6 Å². The van der Waals surface area contributed by atoms with E-state index in [1.807, 2.05) is 11.0 Å². The van der Waals surface area contributed by atoms with Gasteiger partial charge in [-0.05, 0) is 55.5 Å². The highest BCUT2D eigenvalue weighted by Crippen LogP contribution is 2.35. The average molecular weight is 442 g/mol. The van der Waals surface area contributed by atoms with E-state index in [0.717, 1.165) is 18.4 Å². The second-order valence-corrected chi connectivity index (χ2v) is 9.93. The quantitative estimate of drug-likeness (QED) is 0.728. The number of nitrogens with zero attached hydrogens (tertiary/aromatic N) is 3. The first-order chi connectivity index (χ1) is 14.9. The third kappa shape index (κ3) is 4.21. The first-order valence-corrected chi connectivity index (χ1v) is 11.9. The molecule has 2 heterocycles. The van der Waals surface area contributed by atoms with E-state index >= 15 is 0 Å². The summed E-state index contributed by atoms with van der Waals surface area (Å²) in [5.41, 5.74) is 1.06. The molecule has 31 heavy (non-hydrogen) atoms. The van der Waals surface area contributed by atoms with Gasteiger partial charge >= 0.3 is 0 Å². The standard InChI is InChI=1S/C23H24FN3O3S/c24-20-9-7-17(8-10-20)21-5-3-13-27(21)23(28)18-11-14-26(15-12-18)31(29,30)22-6-2-1-4-19(22)16-25/h1-2,4,6-10,18,21H,3,5,11-15H2/t21-/m0/s1. The molecule has 0 saturated carbocycles. The van der Waals surface area contributed by atoms with E-state index in [4.69, 9.17) is 0 Å². The average Bonchev–Trinajstić information content (AvgIpc) is 3.29. The summed E-state index contributed by atoms with van der Waals surface area (Å²) in [5, 5.41) is 9.25. The van der Waals surface area contributed by atoms with Gasteiger partial charge in [0.2, 0.25) is 15.9 Å². The lowest BCUT2D eigenvalue weighted by atomic mass is 9.95. The molecule has 2 fully saturated rings. The van der Waals surface area contributed by atoms with Gasteiger partial charge in [0.25, 0.3) is 0 Å². The highest BCUT2D eigenvalue weighted by molar-refractivity contribution is 7.89. The number of piperidine rings is 1. The second kappa shape index (κ2) is 8.77. The van der Waals surface area contributed by atoms with E-state index < -0.39 is 10.0 Å². The summed E-state index contributed by atoms with van der Waals surface area (Å²) in [5.74, 6) is -0.494. The molecule has 2 aromatic rings. The molecule has 2 aliphatic rings. The van der Waals surface area contributed by atoms with Crippen molar-refractivity contribution in [1.29, 1.82) is 5.26 Å². The molecule has 0 N–H and O–H groups in total. The van der Waals surface area contributed by atoms with Crippen LogP contribution >= 0.6 is 0 Å². The van der Waals surface area contributed by atoms with Crippen LogP contribution in [0.1, 0.15) is 42.9 Å². The zero-order chi connectivity index (χ0) is 22.0. The lowest BCUT2D eigenvalue weighted by molar-refractivity contribution is -0.137. The molecular weight excluding hydrogens is 417 g/mol. The molecule has 0 radical (unpaired) electrons. The van der Waals surface area contributed by atoms with Crippen molar-refractivity contribution in [1.82, 2.24) is 9.21 Å². The third-order valence-electron chi connectivity index (χ3n) is 6.22. The Balaban J connectivity index is 1.44. The van der Waals surface area contributed by atoms with Crippen LogP contribution in [-0.4, -0.2) is 43.2 Å². The van der Waals surface area contributed by atoms with Crippen LogP contribution in [0.4, 0.5) is 4.39 Å². The van der Waals surface area contributed by atoms with Gasteiger partial charge in [0, 0.05) is 25.6 Å². The van der Waals surface area contributed by atoms with Crippen molar-refractivity contribution in [2.75, 3.05) is 19.6 Å². The molecule has 2 saturated heterocycles. The summed E-state index contributed by atoms with van der Waals surface area (Å²) in [4.78, 5) is 15.1. The minimum absolute atomic E-state index is 0.0122. The van der Waals surface area contributed by atoms with Gasteiger partial charge in [-0.15, -0.1) is 0 Å². The van der Waals surface area contributed by atoms with Gasteiger partial charge in [0.05, 0.1) is 16.5 Å². The lowest BCUT2D eigenvalue weighted by Gasteiger charge is -2.34. The number of amides is 1. The Morgan fingerprint density at radius 3 is 2.35 bits per heavy atom. The Bertz CT molecular complexity index is 1100. The molecule has 4 rings (SSSR count). The fourth-order valence-electron chi connectivity index (χ4n) is 4.56. The van der Waals surface area contributed by atoms with Crippen LogP contribution in [0.2, 0.25) is 0 Å². The highest BCUT2D eigenvalue weighted by atomic mass is 32.2. The fourth-order valence-corrected chi connectivity index (χ4v) is 6.17. The predicted octanol–water partition coefficient (Wildman–Crippen LogP) is 3.46. The van der Waals surface area contributed by atoms with Crippen molar-refractivity contribution >= 4 is 15.9 Å². The maximum atomic E-state index is 13.3. The largest absolute Gasteiger partial charge is 0.335 e. The van der Waals surface area contributed by atoms with Gasteiger partial charge in [-0.2, -0.15) is 9.57 Å². The molecule has 0 aromatic heterocycles. The fraction of sp³-hybridized carbons (Fsp3) is 0.391. The molecule has 0 spiro atoms. The number of carbonyl (C=O) groups excluding carboxylic acids is 1. The maximum Gasteiger partial charge on any atom is 0.244 e. The van der Waals surface area contributed by atoms with E-state index in [2.05, 4.69) is 0 Å². The van der Waals surface area contributed by atoms with Crippen molar-refractivity contribution in [3.8, 4) is 6.07 Å². The van der Waals surface area contributed by atoms with Crippen LogP contribution in [0.25, 0.3) is 0 Å². The molecule has 1 amide bonds. The number of benzene rings is 2. The summed E-state index contributed by atoms with van der Waals surface area (Å²) >= 11 is 0. The summed E-state index contributed by atoms with van der Waals surface area (Å²) in [6, 6.07) is 14.3. The van der Waals surface area contributed by atoms with Gasteiger partial charge < -0.3 is 4.90 Å². The molecular formula is C23H24FN3O3S.